The van der Waals surface area contributed by atoms with E-state index in [1.54, 1.807) is 0 Å². The van der Waals surface area contributed by atoms with Gasteiger partial charge in [-0.3, -0.25) is 0 Å². The fourth-order valence-electron chi connectivity index (χ4n) is 3.61. The number of para-hydroxylation sites is 1. The van der Waals surface area contributed by atoms with E-state index >= 15 is 0 Å². The maximum Gasteiger partial charge on any atom is 0.0376 e. The van der Waals surface area contributed by atoms with Crippen molar-refractivity contribution in [3.63, 3.8) is 0 Å². The van der Waals surface area contributed by atoms with Gasteiger partial charge >= 0.3 is 0 Å². The van der Waals surface area contributed by atoms with E-state index in [0.717, 1.165) is 13.1 Å². The second kappa shape index (κ2) is 5.54. The molecular weight excluding hydrogens is 232 g/mol. The Labute approximate surface area is 117 Å². The Kier molecular flexibility index (Phi) is 3.79. The van der Waals surface area contributed by atoms with E-state index in [1.165, 1.54) is 49.9 Å². The molecule has 19 heavy (non-hydrogen) atoms. The van der Waals surface area contributed by atoms with Gasteiger partial charge in [0.1, 0.15) is 0 Å². The molecular formula is C17H26N2. The molecule has 0 amide bonds. The molecule has 1 aliphatic carbocycles. The number of nitrogens with one attached hydrogen (secondary N) is 2. The normalized spacial score (nSPS) is 24.2. The lowest BCUT2D eigenvalue weighted by Gasteiger charge is -2.42. The van der Waals surface area contributed by atoms with Crippen molar-refractivity contribution in [2.75, 3.05) is 25.0 Å². The van der Waals surface area contributed by atoms with Gasteiger partial charge in [-0.1, -0.05) is 31.5 Å². The van der Waals surface area contributed by atoms with Gasteiger partial charge in [0.15, 0.2) is 0 Å². The Bertz CT molecular complexity index is 418. The first-order valence-electron chi connectivity index (χ1n) is 7.86. The molecule has 1 atom stereocenters. The van der Waals surface area contributed by atoms with Crippen LogP contribution in [0.25, 0.3) is 0 Å². The van der Waals surface area contributed by atoms with Crippen LogP contribution in [0.4, 0.5) is 5.69 Å². The molecule has 104 valence electrons. The molecule has 1 aromatic rings. The molecule has 0 spiro atoms. The number of hydrogen-bond acceptors (Lipinski definition) is 2. The second-order valence-corrected chi connectivity index (χ2v) is 6.34. The number of fused-ring (bicyclic) bond motifs is 1. The second-order valence-electron chi connectivity index (χ2n) is 6.34. The Morgan fingerprint density at radius 2 is 2.16 bits per heavy atom. The summed E-state index contributed by atoms with van der Waals surface area (Å²) in [5, 5.41) is 7.27. The lowest BCUT2D eigenvalue weighted by atomic mass is 9.67. The van der Waals surface area contributed by atoms with Crippen molar-refractivity contribution in [2.24, 2.45) is 5.41 Å². The summed E-state index contributed by atoms with van der Waals surface area (Å²) >= 11 is 0. The van der Waals surface area contributed by atoms with E-state index < -0.39 is 0 Å². The van der Waals surface area contributed by atoms with E-state index in [2.05, 4.69) is 41.8 Å². The summed E-state index contributed by atoms with van der Waals surface area (Å²) in [6, 6.07) is 8.79. The van der Waals surface area contributed by atoms with Crippen LogP contribution >= 0.6 is 0 Å². The zero-order valence-electron chi connectivity index (χ0n) is 12.0. The Morgan fingerprint density at radius 3 is 2.89 bits per heavy atom. The van der Waals surface area contributed by atoms with Crippen molar-refractivity contribution in [1.82, 2.24) is 5.32 Å². The van der Waals surface area contributed by atoms with Gasteiger partial charge in [-0.15, -0.1) is 0 Å². The maximum absolute atomic E-state index is 3.76. The molecule has 2 nitrogen and oxygen atoms in total. The van der Waals surface area contributed by atoms with Gasteiger partial charge in [0.25, 0.3) is 0 Å². The molecule has 1 saturated carbocycles. The maximum atomic E-state index is 3.76. The Hall–Kier alpha value is -1.02. The van der Waals surface area contributed by atoms with Gasteiger partial charge in [-0.05, 0) is 42.7 Å². The van der Waals surface area contributed by atoms with E-state index in [4.69, 9.17) is 0 Å². The minimum atomic E-state index is 0.631. The lowest BCUT2D eigenvalue weighted by Crippen LogP contribution is -2.41. The summed E-state index contributed by atoms with van der Waals surface area (Å²) in [5.41, 5.74) is 3.47. The van der Waals surface area contributed by atoms with Crippen LogP contribution in [0.1, 0.15) is 50.5 Å². The van der Waals surface area contributed by atoms with E-state index in [9.17, 15) is 0 Å². The minimum Gasteiger partial charge on any atom is -0.385 e. The van der Waals surface area contributed by atoms with Crippen molar-refractivity contribution in [3.8, 4) is 0 Å². The number of hydrogen-bond donors (Lipinski definition) is 2. The first-order chi connectivity index (χ1) is 9.33. The SMILES string of the molecule is CCC1(CNCC2CCNc3ccccc32)CCC1. The molecule has 1 heterocycles. The molecule has 1 aromatic carbocycles. The van der Waals surface area contributed by atoms with Gasteiger partial charge in [-0.25, -0.2) is 0 Å². The van der Waals surface area contributed by atoms with Crippen molar-refractivity contribution in [2.45, 2.75) is 44.9 Å². The quantitative estimate of drug-likeness (QED) is 0.840. The monoisotopic (exact) mass is 258 g/mol. The van der Waals surface area contributed by atoms with Crippen LogP contribution in [-0.2, 0) is 0 Å². The summed E-state index contributed by atoms with van der Waals surface area (Å²) in [6.07, 6.45) is 6.89. The van der Waals surface area contributed by atoms with Crippen molar-refractivity contribution < 1.29 is 0 Å². The van der Waals surface area contributed by atoms with Crippen molar-refractivity contribution in [1.29, 1.82) is 0 Å². The Morgan fingerprint density at radius 1 is 1.32 bits per heavy atom. The molecule has 0 saturated heterocycles. The van der Waals surface area contributed by atoms with Crippen LogP contribution in [0.3, 0.4) is 0 Å². The highest BCUT2D eigenvalue weighted by Crippen LogP contribution is 2.43. The zero-order valence-corrected chi connectivity index (χ0v) is 12.0. The molecule has 2 N–H and O–H groups in total. The largest absolute Gasteiger partial charge is 0.385 e. The van der Waals surface area contributed by atoms with Gasteiger partial charge in [0.2, 0.25) is 0 Å². The van der Waals surface area contributed by atoms with E-state index in [-0.39, 0.29) is 0 Å². The minimum absolute atomic E-state index is 0.631. The van der Waals surface area contributed by atoms with Crippen LogP contribution in [0.5, 0.6) is 0 Å². The standard InChI is InChI=1S/C17H26N2/c1-2-17(9-5-10-17)13-18-12-14-8-11-19-16-7-4-3-6-15(14)16/h3-4,6-7,14,18-19H,2,5,8-13H2,1H3. The fraction of sp³-hybridized carbons (Fsp3) is 0.647. The molecule has 2 aliphatic rings. The molecule has 0 radical (unpaired) electrons. The number of benzene rings is 1. The molecule has 0 bridgehead atoms. The van der Waals surface area contributed by atoms with Gasteiger partial charge in [0.05, 0.1) is 0 Å². The van der Waals surface area contributed by atoms with Crippen LogP contribution in [0, 0.1) is 5.41 Å². The Balaban J connectivity index is 1.56. The molecule has 2 heteroatoms. The third-order valence-corrected chi connectivity index (χ3v) is 5.26. The van der Waals surface area contributed by atoms with Gasteiger partial charge < -0.3 is 10.6 Å². The van der Waals surface area contributed by atoms with Crippen LogP contribution in [0.15, 0.2) is 24.3 Å². The van der Waals surface area contributed by atoms with Crippen molar-refractivity contribution >= 4 is 5.69 Å². The summed E-state index contributed by atoms with van der Waals surface area (Å²) in [4.78, 5) is 0. The highest BCUT2D eigenvalue weighted by molar-refractivity contribution is 5.54. The summed E-state index contributed by atoms with van der Waals surface area (Å²) in [6.45, 7) is 5.82. The summed E-state index contributed by atoms with van der Waals surface area (Å²) in [7, 11) is 0. The summed E-state index contributed by atoms with van der Waals surface area (Å²) < 4.78 is 0. The average Bonchev–Trinajstić information content (AvgIpc) is 2.42. The molecule has 1 fully saturated rings. The third kappa shape index (κ3) is 2.64. The zero-order chi connectivity index (χ0) is 13.1. The van der Waals surface area contributed by atoms with Gasteiger partial charge in [-0.2, -0.15) is 0 Å². The summed E-state index contributed by atoms with van der Waals surface area (Å²) in [5.74, 6) is 0.687. The lowest BCUT2D eigenvalue weighted by molar-refractivity contribution is 0.123. The van der Waals surface area contributed by atoms with E-state index in [1.807, 2.05) is 0 Å². The van der Waals surface area contributed by atoms with Gasteiger partial charge in [0, 0.05) is 31.2 Å². The van der Waals surface area contributed by atoms with Crippen LogP contribution < -0.4 is 10.6 Å². The molecule has 1 unspecified atom stereocenters. The average molecular weight is 258 g/mol. The van der Waals surface area contributed by atoms with E-state index in [0.29, 0.717) is 11.3 Å². The highest BCUT2D eigenvalue weighted by atomic mass is 14.9. The first kappa shape index (κ1) is 13.0. The van der Waals surface area contributed by atoms with Crippen LogP contribution in [0.2, 0.25) is 0 Å². The highest BCUT2D eigenvalue weighted by Gasteiger charge is 2.34. The first-order valence-corrected chi connectivity index (χ1v) is 7.86. The fourth-order valence-corrected chi connectivity index (χ4v) is 3.61. The van der Waals surface area contributed by atoms with Crippen molar-refractivity contribution in [3.05, 3.63) is 29.8 Å². The molecule has 0 aromatic heterocycles. The molecule has 3 rings (SSSR count). The topological polar surface area (TPSA) is 24.1 Å². The molecule has 1 aliphatic heterocycles. The van der Waals surface area contributed by atoms with Crippen LogP contribution in [-0.4, -0.2) is 19.6 Å². The number of rotatable bonds is 5. The smallest absolute Gasteiger partial charge is 0.0376 e. The predicted molar refractivity (Wildman–Crippen MR) is 81.7 cm³/mol. The predicted octanol–water partition coefficient (Wildman–Crippen LogP) is 3.76. The number of anilines is 1. The third-order valence-electron chi connectivity index (χ3n) is 5.26.